The molecule has 210 valence electrons. The zero-order valence-corrected chi connectivity index (χ0v) is 24.4. The van der Waals surface area contributed by atoms with Crippen LogP contribution in [0.1, 0.15) is 55.5 Å². The van der Waals surface area contributed by atoms with Crippen molar-refractivity contribution in [1.29, 1.82) is 0 Å². The third-order valence-electron chi connectivity index (χ3n) is 6.80. The average molecular weight is 567 g/mol. The van der Waals surface area contributed by atoms with Gasteiger partial charge in [0.05, 0.1) is 17.7 Å². The molecule has 0 bridgehead atoms. The van der Waals surface area contributed by atoms with Crippen molar-refractivity contribution >= 4 is 17.2 Å². The van der Waals surface area contributed by atoms with Crippen LogP contribution in [0.3, 0.4) is 0 Å². The lowest BCUT2D eigenvalue weighted by Gasteiger charge is -2.19. The Labute approximate surface area is 244 Å². The molecular weight excluding hydrogens is 532 g/mol. The zero-order valence-electron chi connectivity index (χ0n) is 23.6. The van der Waals surface area contributed by atoms with Crippen LogP contribution in [-0.4, -0.2) is 11.1 Å². The molecule has 0 aliphatic rings. The van der Waals surface area contributed by atoms with Crippen LogP contribution < -0.4 is 14.8 Å². The molecule has 0 spiro atoms. The number of nitrogens with one attached hydrogen (secondary N) is 1. The molecular formula is C34H34N2O4S. The van der Waals surface area contributed by atoms with Gasteiger partial charge in [-0.1, -0.05) is 86.6 Å². The van der Waals surface area contributed by atoms with Gasteiger partial charge in [-0.2, -0.15) is 11.3 Å². The maximum absolute atomic E-state index is 12.1. The van der Waals surface area contributed by atoms with E-state index in [4.69, 9.17) is 14.0 Å². The van der Waals surface area contributed by atoms with Crippen molar-refractivity contribution < 1.29 is 18.8 Å². The van der Waals surface area contributed by atoms with E-state index in [0.29, 0.717) is 36.8 Å². The number of carbonyl (C=O) groups excluding carboxylic acids is 1. The quantitative estimate of drug-likeness (QED) is 0.164. The van der Waals surface area contributed by atoms with Gasteiger partial charge in [0.2, 0.25) is 5.91 Å². The van der Waals surface area contributed by atoms with Gasteiger partial charge in [-0.05, 0) is 51.1 Å². The van der Waals surface area contributed by atoms with E-state index < -0.39 is 0 Å². The second-order valence-electron chi connectivity index (χ2n) is 10.1. The number of carbonyl (C=O) groups is 1. The Morgan fingerprint density at radius 3 is 2.17 bits per heavy atom. The molecule has 5 rings (SSSR count). The lowest BCUT2D eigenvalue weighted by molar-refractivity contribution is -0.120. The minimum atomic E-state index is -0.0419. The Hall–Kier alpha value is -4.36. The van der Waals surface area contributed by atoms with E-state index in [9.17, 15) is 4.79 Å². The summed E-state index contributed by atoms with van der Waals surface area (Å²) < 4.78 is 18.9. The van der Waals surface area contributed by atoms with Crippen LogP contribution in [0.2, 0.25) is 0 Å². The van der Waals surface area contributed by atoms with Crippen LogP contribution in [0.4, 0.5) is 0 Å². The van der Waals surface area contributed by atoms with E-state index in [0.717, 1.165) is 39.1 Å². The number of amides is 1. The number of benzene rings is 3. The van der Waals surface area contributed by atoms with Crippen LogP contribution >= 0.6 is 11.3 Å². The molecule has 0 radical (unpaired) electrons. The molecule has 0 fully saturated rings. The van der Waals surface area contributed by atoms with E-state index in [-0.39, 0.29) is 18.4 Å². The van der Waals surface area contributed by atoms with Gasteiger partial charge < -0.3 is 19.3 Å². The molecule has 0 aliphatic heterocycles. The van der Waals surface area contributed by atoms with Gasteiger partial charge in [-0.25, -0.2) is 0 Å². The lowest BCUT2D eigenvalue weighted by Crippen LogP contribution is -2.21. The highest BCUT2D eigenvalue weighted by molar-refractivity contribution is 7.08. The average Bonchev–Trinajstić information content (AvgIpc) is 3.68. The maximum Gasteiger partial charge on any atom is 0.220 e. The second-order valence-corrected chi connectivity index (χ2v) is 10.8. The van der Waals surface area contributed by atoms with E-state index in [1.54, 1.807) is 11.3 Å². The summed E-state index contributed by atoms with van der Waals surface area (Å²) >= 11 is 1.60. The molecule has 2 aromatic heterocycles. The van der Waals surface area contributed by atoms with Crippen LogP contribution in [0.25, 0.3) is 22.5 Å². The maximum atomic E-state index is 12.1. The number of hydrogen-bond acceptors (Lipinski definition) is 6. The molecule has 41 heavy (non-hydrogen) atoms. The van der Waals surface area contributed by atoms with E-state index in [1.165, 1.54) is 0 Å². The van der Waals surface area contributed by atoms with E-state index in [1.807, 2.05) is 73.0 Å². The van der Waals surface area contributed by atoms with Crippen molar-refractivity contribution in [1.82, 2.24) is 10.5 Å². The van der Waals surface area contributed by atoms with Crippen LogP contribution in [-0.2, 0) is 24.6 Å². The van der Waals surface area contributed by atoms with Gasteiger partial charge >= 0.3 is 0 Å². The molecule has 0 aliphatic carbocycles. The molecule has 0 saturated carbocycles. The summed E-state index contributed by atoms with van der Waals surface area (Å²) in [4.78, 5) is 12.1. The first kappa shape index (κ1) is 28.2. The molecule has 1 amide bonds. The van der Waals surface area contributed by atoms with E-state index >= 15 is 0 Å². The number of thiophene rings is 1. The normalized spacial score (nSPS) is 11.0. The summed E-state index contributed by atoms with van der Waals surface area (Å²) in [6.45, 7) is 7.22. The minimum absolute atomic E-state index is 0.0419. The van der Waals surface area contributed by atoms with Gasteiger partial charge in [0.1, 0.15) is 30.4 Å². The fraction of sp³-hybridized carbons (Fsp3) is 0.235. The van der Waals surface area contributed by atoms with Crippen LogP contribution in [0.15, 0.2) is 94.1 Å². The largest absolute Gasteiger partial charge is 0.488 e. The number of rotatable bonds is 12. The fourth-order valence-electron chi connectivity index (χ4n) is 4.56. The van der Waals surface area contributed by atoms with Crippen molar-refractivity contribution in [2.24, 2.45) is 0 Å². The van der Waals surface area contributed by atoms with Crippen molar-refractivity contribution in [2.75, 3.05) is 0 Å². The summed E-state index contributed by atoms with van der Waals surface area (Å²) in [6.07, 6.45) is 0.401. The predicted molar refractivity (Wildman–Crippen MR) is 163 cm³/mol. The topological polar surface area (TPSA) is 73.6 Å². The highest BCUT2D eigenvalue weighted by Crippen LogP contribution is 2.44. The summed E-state index contributed by atoms with van der Waals surface area (Å²) in [5, 5.41) is 11.4. The first-order chi connectivity index (χ1) is 20.0. The Morgan fingerprint density at radius 1 is 0.927 bits per heavy atom. The van der Waals surface area contributed by atoms with Gasteiger partial charge in [0.25, 0.3) is 0 Å². The molecule has 1 N–H and O–H groups in total. The molecule has 0 atom stereocenters. The predicted octanol–water partition coefficient (Wildman–Crippen LogP) is 8.38. The summed E-state index contributed by atoms with van der Waals surface area (Å²) in [5.74, 6) is 2.14. The summed E-state index contributed by atoms with van der Waals surface area (Å²) in [6, 6.07) is 26.3. The first-order valence-corrected chi connectivity index (χ1v) is 14.8. The van der Waals surface area contributed by atoms with Crippen LogP contribution in [0.5, 0.6) is 11.5 Å². The molecule has 6 nitrogen and oxygen atoms in total. The van der Waals surface area contributed by atoms with Gasteiger partial charge in [0, 0.05) is 12.5 Å². The standard InChI is InChI=1S/C34H34N2O4S/c1-4-32(37)35-19-29-33(26-15-16-41-22-26)34(40-36-29)28-17-27(23(2)3)30(38-20-24-11-7-5-8-12-24)18-31(28)39-21-25-13-9-6-10-14-25/h5-18,22-23H,4,19-21H2,1-3H3,(H,35,37). The number of nitrogens with zero attached hydrogens (tertiary/aromatic N) is 1. The third-order valence-corrected chi connectivity index (χ3v) is 7.48. The highest BCUT2D eigenvalue weighted by atomic mass is 32.1. The number of hydrogen-bond donors (Lipinski definition) is 1. The van der Waals surface area contributed by atoms with Crippen molar-refractivity contribution in [2.45, 2.75) is 52.9 Å². The summed E-state index contributed by atoms with van der Waals surface area (Å²) in [5.41, 5.74) is 6.47. The molecule has 2 heterocycles. The van der Waals surface area contributed by atoms with Crippen molar-refractivity contribution in [3.63, 3.8) is 0 Å². The first-order valence-electron chi connectivity index (χ1n) is 13.8. The molecule has 0 unspecified atom stereocenters. The number of aromatic nitrogens is 1. The van der Waals surface area contributed by atoms with Gasteiger partial charge in [-0.3, -0.25) is 4.79 Å². The van der Waals surface area contributed by atoms with E-state index in [2.05, 4.69) is 47.9 Å². The lowest BCUT2D eigenvalue weighted by atomic mass is 9.95. The van der Waals surface area contributed by atoms with Crippen molar-refractivity contribution in [3.05, 3.63) is 112 Å². The van der Waals surface area contributed by atoms with Crippen molar-refractivity contribution in [3.8, 4) is 33.9 Å². The van der Waals surface area contributed by atoms with Gasteiger partial charge in [0.15, 0.2) is 5.76 Å². The third kappa shape index (κ3) is 6.87. The molecule has 7 heteroatoms. The molecule has 0 saturated heterocycles. The van der Waals surface area contributed by atoms with Gasteiger partial charge in [-0.15, -0.1) is 0 Å². The Morgan fingerprint density at radius 2 is 1.59 bits per heavy atom. The molecule has 3 aromatic carbocycles. The molecule has 5 aromatic rings. The Kier molecular flexibility index (Phi) is 9.16. The second kappa shape index (κ2) is 13.3. The monoisotopic (exact) mass is 566 g/mol. The zero-order chi connectivity index (χ0) is 28.6. The highest BCUT2D eigenvalue weighted by Gasteiger charge is 2.25. The summed E-state index contributed by atoms with van der Waals surface area (Å²) in [7, 11) is 0. The number of ether oxygens (including phenoxy) is 2. The minimum Gasteiger partial charge on any atom is -0.488 e. The smallest absolute Gasteiger partial charge is 0.220 e. The Bertz CT molecular complexity index is 1560. The van der Waals surface area contributed by atoms with Crippen LogP contribution in [0, 0.1) is 0 Å². The SMILES string of the molecule is CCC(=O)NCc1noc(-c2cc(C(C)C)c(OCc3ccccc3)cc2OCc2ccccc2)c1-c1ccsc1. The fourth-order valence-corrected chi connectivity index (χ4v) is 5.21. The Balaban J connectivity index is 1.60.